The molecule has 1 aliphatic rings. The van der Waals surface area contributed by atoms with Crippen LogP contribution in [0.3, 0.4) is 0 Å². The first-order chi connectivity index (χ1) is 14.1. The lowest BCUT2D eigenvalue weighted by Gasteiger charge is -2.30. The molecule has 1 atom stereocenters. The lowest BCUT2D eigenvalue weighted by molar-refractivity contribution is -0.121. The summed E-state index contributed by atoms with van der Waals surface area (Å²) in [5.41, 5.74) is 1.61. The first-order valence-corrected chi connectivity index (χ1v) is 10.6. The van der Waals surface area contributed by atoms with Crippen LogP contribution in [0.2, 0.25) is 5.02 Å². The molecule has 0 aliphatic carbocycles. The van der Waals surface area contributed by atoms with E-state index in [1.807, 2.05) is 36.4 Å². The van der Waals surface area contributed by atoms with E-state index in [1.165, 1.54) is 0 Å². The van der Waals surface area contributed by atoms with Crippen LogP contribution < -0.4 is 5.32 Å². The number of hydrogen-bond acceptors (Lipinski definition) is 5. The number of rotatable bonds is 5. The average molecular weight is 476 g/mol. The van der Waals surface area contributed by atoms with Crippen molar-refractivity contribution in [3.05, 3.63) is 63.9 Å². The molecular weight excluding hydrogens is 456 g/mol. The standard InChI is InChI=1S/C21H20BrClN4O2/c22-16-6-1-4-14(10-16)20-25-19(29-26-20)13-27-9-3-5-15(12-27)21(28)24-18-8-2-7-17(23)11-18/h1-2,4,6-8,10-11,15H,3,5,9,12-13H2,(H,24,28). The summed E-state index contributed by atoms with van der Waals surface area (Å²) < 4.78 is 6.40. The number of likely N-dealkylation sites (tertiary alicyclic amines) is 1. The summed E-state index contributed by atoms with van der Waals surface area (Å²) >= 11 is 9.45. The van der Waals surface area contributed by atoms with Gasteiger partial charge >= 0.3 is 0 Å². The fraction of sp³-hybridized carbons (Fsp3) is 0.286. The number of hydrogen-bond donors (Lipinski definition) is 1. The fourth-order valence-electron chi connectivity index (χ4n) is 3.48. The van der Waals surface area contributed by atoms with Crippen molar-refractivity contribution in [1.82, 2.24) is 15.0 Å². The Hall–Kier alpha value is -2.22. The number of anilines is 1. The first kappa shape index (κ1) is 20.1. The van der Waals surface area contributed by atoms with Gasteiger partial charge in [-0.3, -0.25) is 9.69 Å². The van der Waals surface area contributed by atoms with Crippen molar-refractivity contribution >= 4 is 39.1 Å². The Balaban J connectivity index is 1.37. The van der Waals surface area contributed by atoms with Gasteiger partial charge in [-0.25, -0.2) is 0 Å². The zero-order valence-corrected chi connectivity index (χ0v) is 18.0. The first-order valence-electron chi connectivity index (χ1n) is 9.44. The average Bonchev–Trinajstić information content (AvgIpc) is 3.17. The van der Waals surface area contributed by atoms with Crippen LogP contribution in [0.5, 0.6) is 0 Å². The van der Waals surface area contributed by atoms with E-state index >= 15 is 0 Å². The molecule has 0 spiro atoms. The maximum absolute atomic E-state index is 12.7. The van der Waals surface area contributed by atoms with Gasteiger partial charge < -0.3 is 9.84 Å². The molecule has 1 N–H and O–H groups in total. The quantitative estimate of drug-likeness (QED) is 0.562. The number of aromatic nitrogens is 2. The van der Waals surface area contributed by atoms with E-state index in [9.17, 15) is 4.79 Å². The third kappa shape index (κ3) is 5.23. The van der Waals surface area contributed by atoms with E-state index in [0.717, 1.165) is 35.1 Å². The molecule has 3 aromatic rings. The molecule has 1 unspecified atom stereocenters. The number of benzene rings is 2. The van der Waals surface area contributed by atoms with Gasteiger partial charge in [0, 0.05) is 27.3 Å². The zero-order valence-electron chi connectivity index (χ0n) is 15.6. The predicted octanol–water partition coefficient (Wildman–Crippen LogP) is 5.00. The number of nitrogens with zero attached hydrogens (tertiary/aromatic N) is 3. The van der Waals surface area contributed by atoms with E-state index in [1.54, 1.807) is 12.1 Å². The molecular formula is C21H20BrClN4O2. The second kappa shape index (κ2) is 9.07. The monoisotopic (exact) mass is 474 g/mol. The lowest BCUT2D eigenvalue weighted by atomic mass is 9.97. The van der Waals surface area contributed by atoms with Gasteiger partial charge in [0.15, 0.2) is 0 Å². The van der Waals surface area contributed by atoms with Crippen LogP contribution >= 0.6 is 27.5 Å². The summed E-state index contributed by atoms with van der Waals surface area (Å²) in [6, 6.07) is 15.0. The highest BCUT2D eigenvalue weighted by atomic mass is 79.9. The third-order valence-electron chi connectivity index (χ3n) is 4.88. The van der Waals surface area contributed by atoms with Crippen LogP contribution in [0.1, 0.15) is 18.7 Å². The van der Waals surface area contributed by atoms with Crippen molar-refractivity contribution in [2.24, 2.45) is 5.92 Å². The lowest BCUT2D eigenvalue weighted by Crippen LogP contribution is -2.40. The van der Waals surface area contributed by atoms with Crippen molar-refractivity contribution in [3.63, 3.8) is 0 Å². The van der Waals surface area contributed by atoms with Crippen LogP contribution in [0.15, 0.2) is 57.5 Å². The molecule has 0 saturated carbocycles. The molecule has 0 bridgehead atoms. The normalized spacial score (nSPS) is 17.2. The van der Waals surface area contributed by atoms with E-state index < -0.39 is 0 Å². The molecule has 1 amide bonds. The minimum atomic E-state index is -0.0878. The highest BCUT2D eigenvalue weighted by Gasteiger charge is 2.27. The number of halogens is 2. The van der Waals surface area contributed by atoms with Gasteiger partial charge in [0.2, 0.25) is 17.6 Å². The SMILES string of the molecule is O=C(Nc1cccc(Cl)c1)C1CCCN(Cc2nc(-c3cccc(Br)c3)no2)C1. The highest BCUT2D eigenvalue weighted by molar-refractivity contribution is 9.10. The minimum absolute atomic E-state index is 0.0114. The summed E-state index contributed by atoms with van der Waals surface area (Å²) in [5, 5.41) is 7.65. The Morgan fingerprint density at radius 2 is 2.14 bits per heavy atom. The maximum Gasteiger partial charge on any atom is 0.241 e. The number of piperidine rings is 1. The Kier molecular flexibility index (Phi) is 6.28. The van der Waals surface area contributed by atoms with Crippen molar-refractivity contribution in [2.45, 2.75) is 19.4 Å². The van der Waals surface area contributed by atoms with E-state index in [0.29, 0.717) is 29.8 Å². The van der Waals surface area contributed by atoms with Gasteiger partial charge in [-0.05, 0) is 49.7 Å². The molecule has 4 rings (SSSR count). The zero-order chi connectivity index (χ0) is 20.2. The molecule has 1 aliphatic heterocycles. The van der Waals surface area contributed by atoms with Crippen molar-refractivity contribution in [3.8, 4) is 11.4 Å². The number of nitrogens with one attached hydrogen (secondary N) is 1. The summed E-state index contributed by atoms with van der Waals surface area (Å²) in [5.74, 6) is 1.04. The Morgan fingerprint density at radius 1 is 1.28 bits per heavy atom. The summed E-state index contributed by atoms with van der Waals surface area (Å²) in [6.07, 6.45) is 1.80. The van der Waals surface area contributed by atoms with Gasteiger partial charge in [0.1, 0.15) is 0 Å². The topological polar surface area (TPSA) is 71.3 Å². The number of carbonyl (C=O) groups excluding carboxylic acids is 1. The van der Waals surface area contributed by atoms with E-state index in [2.05, 4.69) is 36.3 Å². The second-order valence-corrected chi connectivity index (χ2v) is 8.45. The molecule has 1 fully saturated rings. The largest absolute Gasteiger partial charge is 0.338 e. The van der Waals surface area contributed by atoms with Gasteiger partial charge in [-0.1, -0.05) is 50.9 Å². The molecule has 29 heavy (non-hydrogen) atoms. The maximum atomic E-state index is 12.7. The predicted molar refractivity (Wildman–Crippen MR) is 116 cm³/mol. The minimum Gasteiger partial charge on any atom is -0.338 e. The number of carbonyl (C=O) groups is 1. The van der Waals surface area contributed by atoms with Crippen LogP contribution in [0.25, 0.3) is 11.4 Å². The van der Waals surface area contributed by atoms with Crippen LogP contribution in [-0.2, 0) is 11.3 Å². The molecule has 1 saturated heterocycles. The van der Waals surface area contributed by atoms with Gasteiger partial charge in [0.05, 0.1) is 12.5 Å². The van der Waals surface area contributed by atoms with Gasteiger partial charge in [-0.2, -0.15) is 4.98 Å². The molecule has 0 radical (unpaired) electrons. The van der Waals surface area contributed by atoms with Crippen molar-refractivity contribution in [2.75, 3.05) is 18.4 Å². The van der Waals surface area contributed by atoms with Crippen molar-refractivity contribution < 1.29 is 9.32 Å². The third-order valence-corrected chi connectivity index (χ3v) is 5.61. The fourth-order valence-corrected chi connectivity index (χ4v) is 4.07. The Morgan fingerprint density at radius 3 is 2.97 bits per heavy atom. The Labute approximate surface area is 182 Å². The highest BCUT2D eigenvalue weighted by Crippen LogP contribution is 2.23. The van der Waals surface area contributed by atoms with Gasteiger partial charge in [-0.15, -0.1) is 0 Å². The number of amides is 1. The smallest absolute Gasteiger partial charge is 0.241 e. The molecule has 150 valence electrons. The van der Waals surface area contributed by atoms with Crippen LogP contribution in [0, 0.1) is 5.92 Å². The molecule has 6 nitrogen and oxygen atoms in total. The van der Waals surface area contributed by atoms with Crippen molar-refractivity contribution in [1.29, 1.82) is 0 Å². The van der Waals surface area contributed by atoms with E-state index in [-0.39, 0.29) is 11.8 Å². The summed E-state index contributed by atoms with van der Waals surface area (Å²) in [6.45, 7) is 2.08. The summed E-state index contributed by atoms with van der Waals surface area (Å²) in [7, 11) is 0. The molecule has 2 aromatic carbocycles. The Bertz CT molecular complexity index is 1010. The van der Waals surface area contributed by atoms with E-state index in [4.69, 9.17) is 16.1 Å². The van der Waals surface area contributed by atoms with Crippen LogP contribution in [0.4, 0.5) is 5.69 Å². The molecule has 2 heterocycles. The second-order valence-electron chi connectivity index (χ2n) is 7.10. The molecule has 1 aromatic heterocycles. The molecule has 8 heteroatoms. The summed E-state index contributed by atoms with van der Waals surface area (Å²) in [4.78, 5) is 19.4. The van der Waals surface area contributed by atoms with Gasteiger partial charge in [0.25, 0.3) is 0 Å². The van der Waals surface area contributed by atoms with Crippen LogP contribution in [-0.4, -0.2) is 34.0 Å².